The van der Waals surface area contributed by atoms with Gasteiger partial charge in [0.1, 0.15) is 11.6 Å². The Hall–Kier alpha value is -3.35. The summed E-state index contributed by atoms with van der Waals surface area (Å²) in [6.45, 7) is 2.17. The van der Waals surface area contributed by atoms with Crippen LogP contribution in [0, 0.1) is 17.8 Å². The average molecular weight is 632 g/mol. The molecule has 13 heteroatoms. The molecule has 4 amide bonds. The van der Waals surface area contributed by atoms with Gasteiger partial charge in [0.25, 0.3) is 5.91 Å². The van der Waals surface area contributed by atoms with Crippen LogP contribution in [0.5, 0.6) is 0 Å². The molecular weight excluding hydrogens is 586 g/mol. The lowest BCUT2D eigenvalue weighted by atomic mass is 9.92. The zero-order chi connectivity index (χ0) is 31.9. The number of carbonyl (C=O) groups excluding carboxylic acids is 4. The van der Waals surface area contributed by atoms with Crippen molar-refractivity contribution in [2.24, 2.45) is 17.8 Å². The van der Waals surface area contributed by atoms with Gasteiger partial charge in [0.15, 0.2) is 0 Å². The van der Waals surface area contributed by atoms with Gasteiger partial charge in [0, 0.05) is 39.1 Å². The van der Waals surface area contributed by atoms with Crippen molar-refractivity contribution in [3.63, 3.8) is 0 Å². The molecule has 1 aromatic rings. The quantitative estimate of drug-likeness (QED) is 0.433. The van der Waals surface area contributed by atoms with Crippen LogP contribution >= 0.6 is 0 Å². The number of carbonyl (C=O) groups is 4. The highest BCUT2D eigenvalue weighted by molar-refractivity contribution is 7.91. The Balaban J connectivity index is 1.33. The Kier molecular flexibility index (Phi) is 8.90. The Morgan fingerprint density at radius 2 is 1.77 bits per heavy atom. The molecule has 3 N–H and O–H groups in total. The Morgan fingerprint density at radius 1 is 1.07 bits per heavy atom. The highest BCUT2D eigenvalue weighted by Crippen LogP contribution is 2.49. The first-order chi connectivity index (χ1) is 20.7. The van der Waals surface area contributed by atoms with Crippen LogP contribution in [-0.2, 0) is 29.1 Å². The maximum atomic E-state index is 13.9. The highest BCUT2D eigenvalue weighted by atomic mass is 32.2. The number of nitrogens with one attached hydrogen (secondary N) is 3. The molecule has 0 aromatic heterocycles. The van der Waals surface area contributed by atoms with Crippen molar-refractivity contribution < 1.29 is 32.3 Å². The average Bonchev–Trinajstić information content (AvgIpc) is 3.84. The van der Waals surface area contributed by atoms with Crippen LogP contribution in [-0.4, -0.2) is 81.2 Å². The van der Waals surface area contributed by atoms with Gasteiger partial charge in [-0.3, -0.25) is 24.4 Å². The zero-order valence-electron chi connectivity index (χ0n) is 26.1. The Labute approximate surface area is 259 Å². The molecule has 0 unspecified atom stereocenters. The molecule has 0 radical (unpaired) electrons. The summed E-state index contributed by atoms with van der Waals surface area (Å²) in [5, 5.41) is 5.64. The molecule has 5 rings (SSSR count). The number of amides is 4. The number of benzene rings is 1. The van der Waals surface area contributed by atoms with Crippen LogP contribution in [0.4, 0.5) is 16.2 Å². The number of sulfonamides is 1. The molecule has 242 valence electrons. The van der Waals surface area contributed by atoms with Gasteiger partial charge >= 0.3 is 6.09 Å². The van der Waals surface area contributed by atoms with Gasteiger partial charge in [-0.15, -0.1) is 0 Å². The van der Waals surface area contributed by atoms with E-state index in [1.807, 2.05) is 31.1 Å². The van der Waals surface area contributed by atoms with Crippen molar-refractivity contribution in [3.8, 4) is 0 Å². The Morgan fingerprint density at radius 3 is 2.48 bits per heavy atom. The second-order valence-corrected chi connectivity index (χ2v) is 15.7. The van der Waals surface area contributed by atoms with Crippen molar-refractivity contribution in [2.45, 2.75) is 87.5 Å². The molecule has 0 bridgehead atoms. The fraction of sp³-hybridized carbons (Fsp3) is 0.677. The first-order valence-corrected chi connectivity index (χ1v) is 17.1. The van der Waals surface area contributed by atoms with Crippen LogP contribution in [0.1, 0.15) is 71.1 Å². The monoisotopic (exact) mass is 631 g/mol. The van der Waals surface area contributed by atoms with Gasteiger partial charge in [-0.2, -0.15) is 0 Å². The maximum absolute atomic E-state index is 13.9. The third-order valence-corrected chi connectivity index (χ3v) is 12.1. The maximum Gasteiger partial charge on any atom is 0.411 e. The van der Waals surface area contributed by atoms with Gasteiger partial charge in [0.2, 0.25) is 21.8 Å². The summed E-state index contributed by atoms with van der Waals surface area (Å²) in [6, 6.07) is 7.27. The number of ether oxygens (including phenoxy) is 1. The van der Waals surface area contributed by atoms with Crippen molar-refractivity contribution >= 4 is 45.2 Å². The smallest absolute Gasteiger partial charge is 0.411 e. The molecule has 44 heavy (non-hydrogen) atoms. The summed E-state index contributed by atoms with van der Waals surface area (Å²) in [6.07, 6.45) is 4.37. The van der Waals surface area contributed by atoms with E-state index in [1.54, 1.807) is 31.0 Å². The molecule has 1 saturated heterocycles. The molecular formula is C31H45N5O7S. The molecule has 4 fully saturated rings. The number of fused-ring (bicyclic) bond motifs is 2. The minimum Gasteiger partial charge on any atom is -0.446 e. The van der Waals surface area contributed by atoms with E-state index >= 15 is 0 Å². The van der Waals surface area contributed by atoms with E-state index in [-0.39, 0.29) is 24.7 Å². The molecule has 1 heterocycles. The minimum atomic E-state index is -3.89. The summed E-state index contributed by atoms with van der Waals surface area (Å²) < 4.78 is 32.8. The van der Waals surface area contributed by atoms with Crippen molar-refractivity contribution in [1.82, 2.24) is 14.9 Å². The second kappa shape index (κ2) is 12.2. The van der Waals surface area contributed by atoms with Crippen LogP contribution in [0.25, 0.3) is 0 Å². The van der Waals surface area contributed by atoms with Gasteiger partial charge in [-0.05, 0) is 76.0 Å². The SMILES string of the molecule is CN1CCCCCC[C@@H]2C[C@@]2(C(=O)NS(=O)(=O)C2(C)CC2)NC(=O)[C@@H]2C[C@@H](OC(=O)Nc3cccc(N(C)C)c3)C[C@H]2C1=O. The summed E-state index contributed by atoms with van der Waals surface area (Å²) in [5.74, 6) is -3.18. The third-order valence-electron chi connectivity index (χ3n) is 9.91. The van der Waals surface area contributed by atoms with Crippen LogP contribution in [0.15, 0.2) is 24.3 Å². The minimum absolute atomic E-state index is 0.111. The number of hydrogen-bond donors (Lipinski definition) is 3. The summed E-state index contributed by atoms with van der Waals surface area (Å²) in [5.41, 5.74) is 0.106. The molecule has 0 spiro atoms. The molecule has 12 nitrogen and oxygen atoms in total. The molecule has 3 saturated carbocycles. The van der Waals surface area contributed by atoms with E-state index < -0.39 is 56.2 Å². The third kappa shape index (κ3) is 6.67. The van der Waals surface area contributed by atoms with Gasteiger partial charge in [-0.1, -0.05) is 25.3 Å². The van der Waals surface area contributed by atoms with E-state index in [9.17, 15) is 27.6 Å². The number of nitrogens with zero attached hydrogens (tertiary/aromatic N) is 2. The standard InChI is InChI=1S/C31H45N5O7S/c1-30(13-14-30)44(41,42)34-28(39)31-19-20(31)10-7-5-6-8-15-36(4)27(38)25-18-23(17-24(25)26(37)33-31)43-29(40)32-21-11-9-12-22(16-21)35(2)3/h9,11-12,16,20,23-25H,5-8,10,13-15,17-19H2,1-4H3,(H,32,40)(H,33,37)(H,34,39)/t20-,23-,24-,25-,31-/m1/s1. The number of hydrogen-bond acceptors (Lipinski definition) is 8. The van der Waals surface area contributed by atoms with Crippen LogP contribution in [0.2, 0.25) is 0 Å². The topological polar surface area (TPSA) is 154 Å². The fourth-order valence-electron chi connectivity index (χ4n) is 6.56. The molecule has 4 aliphatic rings. The van der Waals surface area contributed by atoms with E-state index in [4.69, 9.17) is 4.74 Å². The van der Waals surface area contributed by atoms with Crippen LogP contribution < -0.4 is 20.3 Å². The lowest BCUT2D eigenvalue weighted by Gasteiger charge is -2.27. The molecule has 5 atom stereocenters. The lowest BCUT2D eigenvalue weighted by Crippen LogP contribution is -2.55. The molecule has 3 aliphatic carbocycles. The van der Waals surface area contributed by atoms with Gasteiger partial charge in [0.05, 0.1) is 16.6 Å². The number of rotatable bonds is 6. The zero-order valence-corrected chi connectivity index (χ0v) is 26.9. The molecule has 1 aliphatic heterocycles. The molecule has 1 aromatic carbocycles. The number of anilines is 2. The van der Waals surface area contributed by atoms with E-state index in [0.717, 1.165) is 31.4 Å². The van der Waals surface area contributed by atoms with Crippen molar-refractivity contribution in [1.29, 1.82) is 0 Å². The first-order valence-electron chi connectivity index (χ1n) is 15.6. The summed E-state index contributed by atoms with van der Waals surface area (Å²) in [7, 11) is 1.61. The van der Waals surface area contributed by atoms with E-state index in [1.165, 1.54) is 0 Å². The largest absolute Gasteiger partial charge is 0.446 e. The predicted molar refractivity (Wildman–Crippen MR) is 165 cm³/mol. The van der Waals surface area contributed by atoms with Crippen molar-refractivity contribution in [3.05, 3.63) is 24.3 Å². The van der Waals surface area contributed by atoms with Gasteiger partial charge in [-0.25, -0.2) is 13.2 Å². The van der Waals surface area contributed by atoms with Gasteiger partial charge < -0.3 is 19.9 Å². The Bertz CT molecular complexity index is 1410. The fourth-order valence-corrected chi connectivity index (χ4v) is 7.87. The highest BCUT2D eigenvalue weighted by Gasteiger charge is 2.63. The second-order valence-electron chi connectivity index (χ2n) is 13.5. The van der Waals surface area contributed by atoms with Crippen molar-refractivity contribution in [2.75, 3.05) is 37.9 Å². The first kappa shape index (κ1) is 32.1. The predicted octanol–water partition coefficient (Wildman–Crippen LogP) is 2.99. The van der Waals surface area contributed by atoms with Crippen LogP contribution in [0.3, 0.4) is 0 Å². The summed E-state index contributed by atoms with van der Waals surface area (Å²) in [4.78, 5) is 57.4. The lowest BCUT2D eigenvalue weighted by molar-refractivity contribution is -0.140. The normalized spacial score (nSPS) is 30.1. The van der Waals surface area contributed by atoms with E-state index in [2.05, 4.69) is 15.4 Å². The summed E-state index contributed by atoms with van der Waals surface area (Å²) >= 11 is 0. The van der Waals surface area contributed by atoms with E-state index in [0.29, 0.717) is 37.9 Å².